The van der Waals surface area contributed by atoms with E-state index < -0.39 is 21.6 Å². The Hall–Kier alpha value is -2.72. The van der Waals surface area contributed by atoms with Crippen molar-refractivity contribution in [3.8, 4) is 0 Å². The molecular weight excluding hydrogens is 375 g/mol. The minimum Gasteiger partial charge on any atom is -0.741 e. The SMILES string of the molecule is C[n+]1c2ccccc2c(C(=O)O)c2ccccc21.O=S(=O)([O-])C(F)(F)F. The number of halogens is 3. The lowest BCUT2D eigenvalue weighted by molar-refractivity contribution is -0.617. The number of aryl methyl sites for hydroxylation is 1. The van der Waals surface area contributed by atoms with Crippen LogP contribution in [0.15, 0.2) is 48.5 Å². The molecule has 1 heterocycles. The van der Waals surface area contributed by atoms with Crippen LogP contribution in [0.1, 0.15) is 10.4 Å². The second-order valence-electron chi connectivity index (χ2n) is 5.17. The number of para-hydroxylation sites is 2. The van der Waals surface area contributed by atoms with Gasteiger partial charge < -0.3 is 9.66 Å². The van der Waals surface area contributed by atoms with Gasteiger partial charge in [0.1, 0.15) is 7.05 Å². The second-order valence-corrected chi connectivity index (χ2v) is 6.54. The van der Waals surface area contributed by atoms with Crippen LogP contribution in [0.5, 0.6) is 0 Å². The molecule has 0 atom stereocenters. The van der Waals surface area contributed by atoms with E-state index in [-0.39, 0.29) is 0 Å². The van der Waals surface area contributed by atoms with Gasteiger partial charge in [-0.2, -0.15) is 17.7 Å². The van der Waals surface area contributed by atoms with Gasteiger partial charge >= 0.3 is 11.5 Å². The maximum absolute atomic E-state index is 11.5. The fourth-order valence-electron chi connectivity index (χ4n) is 2.46. The van der Waals surface area contributed by atoms with Gasteiger partial charge in [0.05, 0.1) is 16.3 Å². The van der Waals surface area contributed by atoms with Crippen LogP contribution in [0, 0.1) is 0 Å². The first-order valence-electron chi connectivity index (χ1n) is 7.00. The first-order valence-corrected chi connectivity index (χ1v) is 8.41. The topological polar surface area (TPSA) is 98.4 Å². The van der Waals surface area contributed by atoms with Crippen LogP contribution in [-0.2, 0) is 17.2 Å². The van der Waals surface area contributed by atoms with Gasteiger partial charge in [0.15, 0.2) is 10.1 Å². The zero-order valence-electron chi connectivity index (χ0n) is 13.2. The third kappa shape index (κ3) is 3.75. The van der Waals surface area contributed by atoms with Crippen molar-refractivity contribution in [2.24, 2.45) is 7.05 Å². The zero-order chi connectivity index (χ0) is 19.7. The van der Waals surface area contributed by atoms with Gasteiger partial charge in [0, 0.05) is 12.1 Å². The fourth-order valence-corrected chi connectivity index (χ4v) is 2.46. The fraction of sp³-hybridized carbons (Fsp3) is 0.125. The summed E-state index contributed by atoms with van der Waals surface area (Å²) in [4.78, 5) is 11.5. The summed E-state index contributed by atoms with van der Waals surface area (Å²) in [7, 11) is -4.14. The number of hydrogen-bond acceptors (Lipinski definition) is 4. The van der Waals surface area contributed by atoms with E-state index in [1.807, 2.05) is 60.1 Å². The smallest absolute Gasteiger partial charge is 0.485 e. The van der Waals surface area contributed by atoms with E-state index in [1.54, 1.807) is 0 Å². The molecule has 2 aromatic carbocycles. The highest BCUT2D eigenvalue weighted by atomic mass is 32.2. The Balaban J connectivity index is 0.000000260. The molecule has 0 aliphatic heterocycles. The van der Waals surface area contributed by atoms with Gasteiger partial charge in [-0.3, -0.25) is 0 Å². The monoisotopic (exact) mass is 387 g/mol. The van der Waals surface area contributed by atoms with Crippen molar-refractivity contribution in [2.75, 3.05) is 0 Å². The molecule has 0 radical (unpaired) electrons. The first kappa shape index (κ1) is 19.6. The summed E-state index contributed by atoms with van der Waals surface area (Å²) in [5.74, 6) is -0.886. The van der Waals surface area contributed by atoms with Crippen molar-refractivity contribution in [3.63, 3.8) is 0 Å². The van der Waals surface area contributed by atoms with Crippen molar-refractivity contribution in [1.82, 2.24) is 0 Å². The lowest BCUT2D eigenvalue weighted by Gasteiger charge is -2.08. The molecule has 0 amide bonds. The van der Waals surface area contributed by atoms with Crippen LogP contribution >= 0.6 is 0 Å². The standard InChI is InChI=1S/C15H11NO2.CHF3O3S/c1-16-12-8-4-2-6-10(12)14(15(17)18)11-7-3-5-9-13(11)16;2-1(3,4)8(5,6)7/h2-9H,1H3;(H,5,6,7). The molecule has 3 rings (SSSR count). The molecule has 26 heavy (non-hydrogen) atoms. The third-order valence-corrected chi connectivity index (χ3v) is 4.13. The molecule has 6 nitrogen and oxygen atoms in total. The van der Waals surface area contributed by atoms with Crippen molar-refractivity contribution < 1.29 is 40.6 Å². The number of carboxylic acid groups (broad SMARTS) is 1. The van der Waals surface area contributed by atoms with Crippen LogP contribution in [0.4, 0.5) is 13.2 Å². The van der Waals surface area contributed by atoms with E-state index in [4.69, 9.17) is 13.0 Å². The van der Waals surface area contributed by atoms with Crippen LogP contribution in [-0.4, -0.2) is 29.6 Å². The molecular formula is C16H12F3NO5S. The van der Waals surface area contributed by atoms with Crippen molar-refractivity contribution in [1.29, 1.82) is 0 Å². The average Bonchev–Trinajstić information content (AvgIpc) is 2.54. The average molecular weight is 387 g/mol. The number of carboxylic acids is 1. The summed E-state index contributed by atoms with van der Waals surface area (Å²) in [6, 6.07) is 15.2. The number of benzene rings is 2. The molecule has 0 aliphatic carbocycles. The molecule has 0 unspecified atom stereocenters. The van der Waals surface area contributed by atoms with Crippen molar-refractivity contribution in [2.45, 2.75) is 5.51 Å². The number of nitrogens with zero attached hydrogens (tertiary/aromatic N) is 1. The van der Waals surface area contributed by atoms with Gasteiger partial charge in [0.25, 0.3) is 0 Å². The highest BCUT2D eigenvalue weighted by Gasteiger charge is 2.36. The number of hydrogen-bond donors (Lipinski definition) is 1. The van der Waals surface area contributed by atoms with E-state index in [1.165, 1.54) is 0 Å². The van der Waals surface area contributed by atoms with Gasteiger partial charge in [-0.15, -0.1) is 0 Å². The number of carbonyl (C=O) groups is 1. The predicted octanol–water partition coefficient (Wildman–Crippen LogP) is 2.57. The van der Waals surface area contributed by atoms with Crippen LogP contribution < -0.4 is 4.57 Å². The molecule has 10 heteroatoms. The quantitative estimate of drug-likeness (QED) is 0.300. The lowest BCUT2D eigenvalue weighted by Crippen LogP contribution is -2.31. The van der Waals surface area contributed by atoms with Gasteiger partial charge in [-0.1, -0.05) is 24.3 Å². The Morgan fingerprint density at radius 2 is 1.35 bits per heavy atom. The summed E-state index contributed by atoms with van der Waals surface area (Å²) in [6.07, 6.45) is 0. The Labute approximate surface area is 145 Å². The Morgan fingerprint density at radius 3 is 1.65 bits per heavy atom. The molecule has 0 spiro atoms. The second kappa shape index (κ2) is 6.89. The third-order valence-electron chi connectivity index (χ3n) is 3.57. The van der Waals surface area contributed by atoms with Crippen LogP contribution in [0.2, 0.25) is 0 Å². The summed E-state index contributed by atoms with van der Waals surface area (Å²) in [5, 5.41) is 11.0. The highest BCUT2D eigenvalue weighted by Crippen LogP contribution is 2.24. The number of aromatic nitrogens is 1. The summed E-state index contributed by atoms with van der Waals surface area (Å²) >= 11 is 0. The van der Waals surface area contributed by atoms with Crippen LogP contribution in [0.25, 0.3) is 21.8 Å². The normalized spacial score (nSPS) is 11.9. The highest BCUT2D eigenvalue weighted by molar-refractivity contribution is 7.86. The Morgan fingerprint density at radius 1 is 1.00 bits per heavy atom. The van der Waals surface area contributed by atoms with E-state index >= 15 is 0 Å². The number of rotatable bonds is 1. The van der Waals surface area contributed by atoms with Gasteiger partial charge in [-0.05, 0) is 12.1 Å². The Bertz CT molecular complexity index is 1040. The molecule has 138 valence electrons. The van der Waals surface area contributed by atoms with E-state index in [0.29, 0.717) is 5.56 Å². The lowest BCUT2D eigenvalue weighted by atomic mass is 10.0. The molecule has 3 aromatic rings. The molecule has 0 bridgehead atoms. The molecule has 0 saturated heterocycles. The van der Waals surface area contributed by atoms with E-state index in [2.05, 4.69) is 0 Å². The largest absolute Gasteiger partial charge is 0.741 e. The molecule has 1 aromatic heterocycles. The predicted molar refractivity (Wildman–Crippen MR) is 85.3 cm³/mol. The summed E-state index contributed by atoms with van der Waals surface area (Å²) < 4.78 is 60.9. The maximum atomic E-state index is 11.5. The van der Waals surface area contributed by atoms with Gasteiger partial charge in [0.2, 0.25) is 11.0 Å². The van der Waals surface area contributed by atoms with Crippen molar-refractivity contribution in [3.05, 3.63) is 54.1 Å². The maximum Gasteiger partial charge on any atom is 0.485 e. The minimum atomic E-state index is -6.09. The zero-order valence-corrected chi connectivity index (χ0v) is 14.0. The number of pyridine rings is 1. The first-order chi connectivity index (χ1) is 11.9. The number of fused-ring (bicyclic) bond motifs is 2. The van der Waals surface area contributed by atoms with Crippen LogP contribution in [0.3, 0.4) is 0 Å². The molecule has 1 N–H and O–H groups in total. The molecule has 0 saturated carbocycles. The van der Waals surface area contributed by atoms with Gasteiger partial charge in [-0.25, -0.2) is 13.2 Å². The van der Waals surface area contributed by atoms with E-state index in [0.717, 1.165) is 21.8 Å². The summed E-state index contributed by atoms with van der Waals surface area (Å²) in [5.41, 5.74) is -3.42. The summed E-state index contributed by atoms with van der Waals surface area (Å²) in [6.45, 7) is 0. The molecule has 0 aliphatic rings. The number of alkyl halides is 3. The van der Waals surface area contributed by atoms with Crippen molar-refractivity contribution >= 4 is 37.9 Å². The minimum absolute atomic E-state index is 0.374. The van der Waals surface area contributed by atoms with E-state index in [9.17, 15) is 23.1 Å². The number of aromatic carboxylic acids is 1. The molecule has 0 fully saturated rings. The Kier molecular flexibility index (Phi) is 5.19.